The molecule has 0 saturated carbocycles. The zero-order valence-corrected chi connectivity index (χ0v) is 31.1. The highest BCUT2D eigenvalue weighted by molar-refractivity contribution is 5.92. The molecular weight excluding hydrogens is 767 g/mol. The van der Waals surface area contributed by atoms with Gasteiger partial charge < -0.3 is 30.5 Å². The smallest absolute Gasteiger partial charge is 0.356 e. The number of anilines is 2. The number of carboxylic acid groups (broad SMARTS) is 1. The first-order valence-corrected chi connectivity index (χ1v) is 18.4. The standard InChI is InChI=1S/C19H17FN8O.C10H7FN2O2.C9H12N6/c20-13-1-3-15(4-2-13)28-9-6-16(25-28)19(29)23-14-5-8-26(11-14)17-18-24-22-12-27(18)10-7-21-17;11-7-1-3-8(4-2-7)13-5-9(10(14)15)12-6-13;10-7-1-3-14(5-7)8-9-13-12-6-15(9)4-2-11-8/h1-4,6-7,9-10,12,14H,5,8,11H2,(H,23,29);1-6H,(H,14,15);2,4,6-7H,1,3,5,10H2/t14-;;7-/m0.0/s1. The minimum Gasteiger partial charge on any atom is -0.476 e. The van der Waals surface area contributed by atoms with Gasteiger partial charge in [0.1, 0.15) is 30.6 Å². The van der Waals surface area contributed by atoms with Crippen LogP contribution in [0.2, 0.25) is 0 Å². The molecule has 0 bridgehead atoms. The summed E-state index contributed by atoms with van der Waals surface area (Å²) in [5.74, 6) is -0.356. The Hall–Kier alpha value is -7.68. The number of carboxylic acids is 1. The number of halogens is 2. The van der Waals surface area contributed by atoms with Crippen molar-refractivity contribution in [3.8, 4) is 11.4 Å². The number of nitrogens with two attached hydrogens (primary N) is 1. The van der Waals surface area contributed by atoms with Crippen molar-refractivity contribution in [1.29, 1.82) is 0 Å². The zero-order valence-electron chi connectivity index (χ0n) is 31.1. The fraction of sp³-hybridized carbons (Fsp3) is 0.211. The molecule has 2 saturated heterocycles. The molecule has 8 aromatic rings. The maximum absolute atomic E-state index is 13.1. The molecule has 10 rings (SSSR count). The van der Waals surface area contributed by atoms with Gasteiger partial charge in [-0.1, -0.05) is 0 Å². The molecule has 0 spiro atoms. The van der Waals surface area contributed by atoms with E-state index in [-0.39, 0.29) is 35.3 Å². The Bertz CT molecular complexity index is 2690. The number of nitrogens with zero attached hydrogens (tertiary/aromatic N) is 14. The summed E-state index contributed by atoms with van der Waals surface area (Å²) >= 11 is 0. The monoisotopic (exact) mass is 802 g/mol. The molecule has 4 N–H and O–H groups in total. The Balaban J connectivity index is 0.000000136. The van der Waals surface area contributed by atoms with Gasteiger partial charge in [-0.2, -0.15) is 5.10 Å². The van der Waals surface area contributed by atoms with E-state index in [1.165, 1.54) is 41.4 Å². The van der Waals surface area contributed by atoms with Crippen LogP contribution in [0.3, 0.4) is 0 Å². The summed E-state index contributed by atoms with van der Waals surface area (Å²) in [6.07, 6.45) is 16.6. The number of fused-ring (bicyclic) bond motifs is 2. The van der Waals surface area contributed by atoms with Crippen molar-refractivity contribution in [2.75, 3.05) is 36.0 Å². The molecule has 6 aromatic heterocycles. The molecule has 2 aliphatic heterocycles. The number of carbonyl (C=O) groups is 2. The van der Waals surface area contributed by atoms with Crippen molar-refractivity contribution in [1.82, 2.24) is 63.8 Å². The molecule has 2 fully saturated rings. The number of amides is 1. The average Bonchev–Trinajstić information content (AvgIpc) is 4.10. The van der Waals surface area contributed by atoms with Gasteiger partial charge in [0, 0.05) is 81.1 Å². The maximum atomic E-state index is 13.1. The number of imidazole rings is 1. The van der Waals surface area contributed by atoms with Gasteiger partial charge in [0.05, 0.1) is 5.69 Å². The van der Waals surface area contributed by atoms with Crippen LogP contribution >= 0.6 is 0 Å². The Morgan fingerprint density at radius 1 is 0.712 bits per heavy atom. The van der Waals surface area contributed by atoms with Crippen LogP contribution in [0.1, 0.15) is 33.8 Å². The second-order valence-corrected chi connectivity index (χ2v) is 13.6. The Labute approximate surface area is 333 Å². The predicted molar refractivity (Wildman–Crippen MR) is 208 cm³/mol. The second-order valence-electron chi connectivity index (χ2n) is 13.6. The van der Waals surface area contributed by atoms with Gasteiger partial charge >= 0.3 is 5.97 Å². The first-order chi connectivity index (χ1) is 28.7. The fourth-order valence-electron chi connectivity index (χ4n) is 6.62. The van der Waals surface area contributed by atoms with Crippen LogP contribution in [-0.4, -0.2) is 114 Å². The molecule has 2 aromatic carbocycles. The van der Waals surface area contributed by atoms with Crippen LogP contribution in [0.5, 0.6) is 0 Å². The number of hydrogen-bond acceptors (Lipinski definition) is 13. The molecule has 1 amide bonds. The van der Waals surface area contributed by atoms with Gasteiger partial charge in [0.25, 0.3) is 5.91 Å². The highest BCUT2D eigenvalue weighted by Crippen LogP contribution is 2.22. The van der Waals surface area contributed by atoms with Gasteiger partial charge in [0.15, 0.2) is 23.0 Å². The minimum atomic E-state index is -1.09. The van der Waals surface area contributed by atoms with Gasteiger partial charge in [-0.3, -0.25) is 13.6 Å². The van der Waals surface area contributed by atoms with Crippen LogP contribution in [-0.2, 0) is 0 Å². The number of hydrogen-bond donors (Lipinski definition) is 3. The molecule has 300 valence electrons. The van der Waals surface area contributed by atoms with E-state index in [9.17, 15) is 18.4 Å². The largest absolute Gasteiger partial charge is 0.476 e. The number of benzene rings is 2. The molecular formula is C38H36F2N16O3. The average molecular weight is 803 g/mol. The molecule has 19 nitrogen and oxygen atoms in total. The number of carbonyl (C=O) groups excluding carboxylic acids is 1. The van der Waals surface area contributed by atoms with Crippen molar-refractivity contribution in [2.24, 2.45) is 5.73 Å². The van der Waals surface area contributed by atoms with Gasteiger partial charge in [-0.05, 0) is 67.4 Å². The normalized spacial score (nSPS) is 16.1. The fourth-order valence-corrected chi connectivity index (χ4v) is 6.62. The molecule has 2 aliphatic rings. The lowest BCUT2D eigenvalue weighted by Crippen LogP contribution is -2.37. The molecule has 59 heavy (non-hydrogen) atoms. The van der Waals surface area contributed by atoms with E-state index in [0.29, 0.717) is 29.3 Å². The summed E-state index contributed by atoms with van der Waals surface area (Å²) in [6, 6.07) is 13.5. The van der Waals surface area contributed by atoms with Crippen LogP contribution < -0.4 is 20.9 Å². The molecule has 0 radical (unpaired) electrons. The summed E-state index contributed by atoms with van der Waals surface area (Å²) < 4.78 is 32.4. The van der Waals surface area contributed by atoms with E-state index >= 15 is 0 Å². The van der Waals surface area contributed by atoms with E-state index < -0.39 is 5.97 Å². The summed E-state index contributed by atoms with van der Waals surface area (Å²) in [5.41, 5.74) is 8.98. The second kappa shape index (κ2) is 16.8. The number of aromatic carboxylic acids is 1. The van der Waals surface area contributed by atoms with Crippen LogP contribution in [0.25, 0.3) is 22.7 Å². The molecule has 0 unspecified atom stereocenters. The van der Waals surface area contributed by atoms with Crippen LogP contribution in [0.15, 0.2) is 111 Å². The van der Waals surface area contributed by atoms with Crippen molar-refractivity contribution < 1.29 is 23.5 Å². The first-order valence-electron chi connectivity index (χ1n) is 18.4. The van der Waals surface area contributed by atoms with Crippen molar-refractivity contribution >= 4 is 34.8 Å². The third-order valence-electron chi connectivity index (χ3n) is 9.58. The van der Waals surface area contributed by atoms with E-state index in [4.69, 9.17) is 10.8 Å². The lowest BCUT2D eigenvalue weighted by molar-refractivity contribution is 0.0690. The third-order valence-corrected chi connectivity index (χ3v) is 9.58. The highest BCUT2D eigenvalue weighted by Gasteiger charge is 2.28. The summed E-state index contributed by atoms with van der Waals surface area (Å²) in [7, 11) is 0. The Morgan fingerprint density at radius 3 is 1.88 bits per heavy atom. The van der Waals surface area contributed by atoms with E-state index in [1.807, 2.05) is 15.0 Å². The first kappa shape index (κ1) is 38.2. The maximum Gasteiger partial charge on any atom is 0.356 e. The van der Waals surface area contributed by atoms with E-state index in [2.05, 4.69) is 55.6 Å². The van der Waals surface area contributed by atoms with Gasteiger partial charge in [0.2, 0.25) is 11.3 Å². The van der Waals surface area contributed by atoms with E-state index in [0.717, 1.165) is 49.8 Å². The number of rotatable bonds is 7. The van der Waals surface area contributed by atoms with Crippen molar-refractivity contribution in [3.05, 3.63) is 134 Å². The zero-order chi connectivity index (χ0) is 40.9. The van der Waals surface area contributed by atoms with Gasteiger partial charge in [-0.15, -0.1) is 20.4 Å². The lowest BCUT2D eigenvalue weighted by atomic mass is 10.2. The summed E-state index contributed by atoms with van der Waals surface area (Å²) in [5, 5.41) is 31.9. The minimum absolute atomic E-state index is 0.0246. The Morgan fingerprint density at radius 2 is 1.31 bits per heavy atom. The number of aromatic nitrogens is 12. The molecule has 8 heterocycles. The highest BCUT2D eigenvalue weighted by atomic mass is 19.1. The van der Waals surface area contributed by atoms with E-state index in [1.54, 1.807) is 72.5 Å². The van der Waals surface area contributed by atoms with Gasteiger partial charge in [-0.25, -0.2) is 33.2 Å². The summed E-state index contributed by atoms with van der Waals surface area (Å²) in [4.78, 5) is 39.9. The number of nitrogens with one attached hydrogen (secondary N) is 1. The molecule has 21 heteroatoms. The quantitative estimate of drug-likeness (QED) is 0.211. The Kier molecular flexibility index (Phi) is 10.9. The predicted octanol–water partition coefficient (Wildman–Crippen LogP) is 2.83. The van der Waals surface area contributed by atoms with Crippen LogP contribution in [0, 0.1) is 11.6 Å². The van der Waals surface area contributed by atoms with Crippen LogP contribution in [0.4, 0.5) is 20.4 Å². The lowest BCUT2D eigenvalue weighted by Gasteiger charge is -2.17. The van der Waals surface area contributed by atoms with Crippen molar-refractivity contribution in [3.63, 3.8) is 0 Å². The van der Waals surface area contributed by atoms with Crippen molar-refractivity contribution in [2.45, 2.75) is 24.9 Å². The summed E-state index contributed by atoms with van der Waals surface area (Å²) in [6.45, 7) is 3.18. The topological polar surface area (TPSA) is 221 Å². The SMILES string of the molecule is N[C@H]1CCN(c2nccn3cnnc23)C1.O=C(N[C@H]1CCN(c2nccn3cnnc23)C1)c1ccn(-c2ccc(F)cc2)n1.O=C(O)c1cn(-c2ccc(F)cc2)cn1. The molecule has 2 atom stereocenters. The molecule has 0 aliphatic carbocycles. The third kappa shape index (κ3) is 8.68.